The Morgan fingerprint density at radius 1 is 1.14 bits per heavy atom. The molecule has 0 atom stereocenters. The zero-order valence-electron chi connectivity index (χ0n) is 13.0. The topological polar surface area (TPSA) is 68.4 Å². The van der Waals surface area contributed by atoms with E-state index in [1.54, 1.807) is 18.3 Å². The molecule has 0 aliphatic heterocycles. The predicted molar refractivity (Wildman–Crippen MR) is 86.1 cm³/mol. The van der Waals surface area contributed by atoms with Gasteiger partial charge < -0.3 is 15.6 Å². The van der Waals surface area contributed by atoms with Gasteiger partial charge in [-0.3, -0.25) is 4.98 Å². The van der Waals surface area contributed by atoms with Gasteiger partial charge in [0.1, 0.15) is 17.6 Å². The number of phenols is 1. The van der Waals surface area contributed by atoms with Crippen molar-refractivity contribution >= 4 is 0 Å². The van der Waals surface area contributed by atoms with Gasteiger partial charge in [-0.25, -0.2) is 0 Å². The standard InChI is InChI=1S/C18H22N2O2/c1-18(2,12-3-5-14(21)6-4-12)17-8-7-15(11-20-17)22-16-9-13(19)10-16/h3-8,11,13,16,21H,9-10,19H2,1-2H3/t13-,16-. The van der Waals surface area contributed by atoms with Crippen LogP contribution >= 0.6 is 0 Å². The highest BCUT2D eigenvalue weighted by Crippen LogP contribution is 2.32. The summed E-state index contributed by atoms with van der Waals surface area (Å²) in [4.78, 5) is 4.56. The van der Waals surface area contributed by atoms with Gasteiger partial charge in [-0.05, 0) is 42.7 Å². The molecule has 4 nitrogen and oxygen atoms in total. The first kappa shape index (κ1) is 14.9. The molecule has 1 aliphatic rings. The highest BCUT2D eigenvalue weighted by Gasteiger charge is 2.28. The third-order valence-corrected chi connectivity index (χ3v) is 4.40. The van der Waals surface area contributed by atoms with Crippen molar-refractivity contribution < 1.29 is 9.84 Å². The number of benzene rings is 1. The number of pyridine rings is 1. The fraction of sp³-hybridized carbons (Fsp3) is 0.389. The lowest BCUT2D eigenvalue weighted by Gasteiger charge is -2.32. The zero-order valence-corrected chi connectivity index (χ0v) is 13.0. The normalized spacial score (nSPS) is 21.2. The first-order valence-electron chi connectivity index (χ1n) is 7.63. The van der Waals surface area contributed by atoms with Gasteiger partial charge in [-0.2, -0.15) is 0 Å². The number of aromatic nitrogens is 1. The number of nitrogens with zero attached hydrogens (tertiary/aromatic N) is 1. The summed E-state index contributed by atoms with van der Waals surface area (Å²) in [6.07, 6.45) is 3.84. The molecule has 116 valence electrons. The van der Waals surface area contributed by atoms with Gasteiger partial charge in [0, 0.05) is 11.5 Å². The average molecular weight is 298 g/mol. The van der Waals surface area contributed by atoms with Crippen LogP contribution in [0.1, 0.15) is 37.9 Å². The number of rotatable bonds is 4. The van der Waals surface area contributed by atoms with Gasteiger partial charge in [0.25, 0.3) is 0 Å². The van der Waals surface area contributed by atoms with E-state index in [2.05, 4.69) is 18.8 Å². The molecule has 0 radical (unpaired) electrons. The van der Waals surface area contributed by atoms with Gasteiger partial charge in [0.05, 0.1) is 11.9 Å². The van der Waals surface area contributed by atoms with E-state index in [-0.39, 0.29) is 23.3 Å². The van der Waals surface area contributed by atoms with E-state index in [1.165, 1.54) is 0 Å². The fourth-order valence-electron chi connectivity index (χ4n) is 2.74. The van der Waals surface area contributed by atoms with Crippen LogP contribution in [-0.4, -0.2) is 22.2 Å². The van der Waals surface area contributed by atoms with Crippen LogP contribution < -0.4 is 10.5 Å². The van der Waals surface area contributed by atoms with E-state index < -0.39 is 0 Å². The summed E-state index contributed by atoms with van der Waals surface area (Å²) in [6, 6.07) is 11.5. The lowest BCUT2D eigenvalue weighted by Crippen LogP contribution is -2.43. The molecule has 0 amide bonds. The molecule has 3 rings (SSSR count). The van der Waals surface area contributed by atoms with Crippen molar-refractivity contribution in [1.29, 1.82) is 0 Å². The molecular formula is C18H22N2O2. The maximum Gasteiger partial charge on any atom is 0.138 e. The third kappa shape index (κ3) is 2.92. The van der Waals surface area contributed by atoms with Gasteiger partial charge in [-0.1, -0.05) is 26.0 Å². The van der Waals surface area contributed by atoms with Crippen molar-refractivity contribution in [2.75, 3.05) is 0 Å². The first-order valence-corrected chi connectivity index (χ1v) is 7.63. The zero-order chi connectivity index (χ0) is 15.7. The molecule has 1 fully saturated rings. The molecule has 1 aromatic carbocycles. The Balaban J connectivity index is 1.74. The second-order valence-electron chi connectivity index (χ2n) is 6.52. The van der Waals surface area contributed by atoms with Crippen LogP contribution in [0.4, 0.5) is 0 Å². The Kier molecular flexibility index (Phi) is 3.79. The lowest BCUT2D eigenvalue weighted by atomic mass is 9.81. The van der Waals surface area contributed by atoms with E-state index in [0.717, 1.165) is 29.8 Å². The molecule has 1 saturated carbocycles. The molecular weight excluding hydrogens is 276 g/mol. The van der Waals surface area contributed by atoms with E-state index in [4.69, 9.17) is 10.5 Å². The van der Waals surface area contributed by atoms with Crippen LogP contribution in [0.3, 0.4) is 0 Å². The molecule has 0 bridgehead atoms. The number of hydrogen-bond acceptors (Lipinski definition) is 4. The Labute approximate surface area is 131 Å². The lowest BCUT2D eigenvalue weighted by molar-refractivity contribution is 0.100. The number of aromatic hydroxyl groups is 1. The van der Waals surface area contributed by atoms with E-state index in [9.17, 15) is 5.11 Å². The van der Waals surface area contributed by atoms with Crippen molar-refractivity contribution in [3.8, 4) is 11.5 Å². The van der Waals surface area contributed by atoms with E-state index in [1.807, 2.05) is 24.3 Å². The molecule has 4 heteroatoms. The molecule has 0 saturated heterocycles. The summed E-state index contributed by atoms with van der Waals surface area (Å²) >= 11 is 0. The maximum absolute atomic E-state index is 9.42. The van der Waals surface area contributed by atoms with Crippen LogP contribution in [0.2, 0.25) is 0 Å². The second-order valence-corrected chi connectivity index (χ2v) is 6.52. The van der Waals surface area contributed by atoms with Crippen molar-refractivity contribution in [3.05, 3.63) is 53.9 Å². The quantitative estimate of drug-likeness (QED) is 0.910. The summed E-state index contributed by atoms with van der Waals surface area (Å²) in [6.45, 7) is 4.24. The average Bonchev–Trinajstić information content (AvgIpc) is 2.47. The number of hydrogen-bond donors (Lipinski definition) is 2. The summed E-state index contributed by atoms with van der Waals surface area (Å²) in [5.41, 5.74) is 7.61. The third-order valence-electron chi connectivity index (χ3n) is 4.40. The minimum Gasteiger partial charge on any atom is -0.508 e. The highest BCUT2D eigenvalue weighted by molar-refractivity contribution is 5.38. The largest absolute Gasteiger partial charge is 0.508 e. The van der Waals surface area contributed by atoms with Crippen LogP contribution in [-0.2, 0) is 5.41 Å². The predicted octanol–water partition coefficient (Wildman–Crippen LogP) is 2.98. The summed E-state index contributed by atoms with van der Waals surface area (Å²) < 4.78 is 5.83. The van der Waals surface area contributed by atoms with Crippen LogP contribution in [0.5, 0.6) is 11.5 Å². The molecule has 0 spiro atoms. The van der Waals surface area contributed by atoms with Gasteiger partial charge in [-0.15, -0.1) is 0 Å². The Bertz CT molecular complexity index is 629. The molecule has 1 heterocycles. The van der Waals surface area contributed by atoms with Crippen molar-refractivity contribution in [2.24, 2.45) is 5.73 Å². The van der Waals surface area contributed by atoms with Gasteiger partial charge >= 0.3 is 0 Å². The van der Waals surface area contributed by atoms with E-state index in [0.29, 0.717) is 0 Å². The minimum absolute atomic E-state index is 0.229. The molecule has 2 aromatic rings. The summed E-state index contributed by atoms with van der Waals surface area (Å²) in [7, 11) is 0. The molecule has 22 heavy (non-hydrogen) atoms. The molecule has 1 aromatic heterocycles. The number of phenolic OH excluding ortho intramolecular Hbond substituents is 1. The van der Waals surface area contributed by atoms with Gasteiger partial charge in [0.15, 0.2) is 0 Å². The minimum atomic E-state index is -0.231. The first-order chi connectivity index (χ1) is 10.4. The summed E-state index contributed by atoms with van der Waals surface area (Å²) in [5, 5.41) is 9.42. The van der Waals surface area contributed by atoms with Crippen molar-refractivity contribution in [3.63, 3.8) is 0 Å². The Hall–Kier alpha value is -2.07. The van der Waals surface area contributed by atoms with E-state index >= 15 is 0 Å². The van der Waals surface area contributed by atoms with Crippen LogP contribution in [0.25, 0.3) is 0 Å². The number of ether oxygens (including phenoxy) is 1. The molecule has 0 unspecified atom stereocenters. The maximum atomic E-state index is 9.42. The SMILES string of the molecule is CC(C)(c1ccc(O)cc1)c1ccc(O[C@H]2C[C@H](N)C2)cn1. The Morgan fingerprint density at radius 2 is 1.82 bits per heavy atom. The second kappa shape index (κ2) is 5.61. The van der Waals surface area contributed by atoms with Crippen LogP contribution in [0, 0.1) is 0 Å². The number of nitrogens with two attached hydrogens (primary N) is 1. The van der Waals surface area contributed by atoms with Crippen molar-refractivity contribution in [2.45, 2.75) is 44.2 Å². The van der Waals surface area contributed by atoms with Crippen molar-refractivity contribution in [1.82, 2.24) is 4.98 Å². The summed E-state index contributed by atoms with van der Waals surface area (Å²) in [5.74, 6) is 1.07. The molecule has 3 N–H and O–H groups in total. The monoisotopic (exact) mass is 298 g/mol. The molecule has 1 aliphatic carbocycles. The highest BCUT2D eigenvalue weighted by atomic mass is 16.5. The smallest absolute Gasteiger partial charge is 0.138 e. The van der Waals surface area contributed by atoms with Gasteiger partial charge in [0.2, 0.25) is 0 Å². The van der Waals surface area contributed by atoms with Crippen LogP contribution in [0.15, 0.2) is 42.6 Å². The fourth-order valence-corrected chi connectivity index (χ4v) is 2.74. The Morgan fingerprint density at radius 3 is 2.36 bits per heavy atom.